The van der Waals surface area contributed by atoms with E-state index >= 15 is 0 Å². The maximum absolute atomic E-state index is 13.1. The van der Waals surface area contributed by atoms with Gasteiger partial charge in [-0.25, -0.2) is 0 Å². The zero-order valence-corrected chi connectivity index (χ0v) is 19.3. The lowest BCUT2D eigenvalue weighted by Gasteiger charge is -2.26. The van der Waals surface area contributed by atoms with Crippen molar-refractivity contribution in [2.75, 3.05) is 13.1 Å². The van der Waals surface area contributed by atoms with E-state index < -0.39 is 48.5 Å². The molecule has 0 aliphatic heterocycles. The lowest BCUT2D eigenvalue weighted by Crippen LogP contribution is -2.57. The zero-order valence-electron chi connectivity index (χ0n) is 19.3. The number of aliphatic hydroxyl groups is 1. The highest BCUT2D eigenvalue weighted by atomic mass is 16.4. The summed E-state index contributed by atoms with van der Waals surface area (Å²) in [6.45, 7) is 8.09. The van der Waals surface area contributed by atoms with Crippen molar-refractivity contribution in [3.63, 3.8) is 0 Å². The molecule has 0 fully saturated rings. The van der Waals surface area contributed by atoms with Gasteiger partial charge in [-0.2, -0.15) is 0 Å². The Morgan fingerprint density at radius 3 is 2.18 bits per heavy atom. The molecule has 33 heavy (non-hydrogen) atoms. The fourth-order valence-corrected chi connectivity index (χ4v) is 2.97. The van der Waals surface area contributed by atoms with Gasteiger partial charge >= 0.3 is 5.97 Å². The van der Waals surface area contributed by atoms with Crippen molar-refractivity contribution in [3.05, 3.63) is 48.0 Å². The molecule has 0 radical (unpaired) electrons. The number of amides is 3. The summed E-state index contributed by atoms with van der Waals surface area (Å²) in [5.74, 6) is -2.71. The molecule has 0 heterocycles. The van der Waals surface area contributed by atoms with Gasteiger partial charge in [0.1, 0.15) is 18.8 Å². The number of carboxylic acids is 1. The van der Waals surface area contributed by atoms with Gasteiger partial charge in [-0.3, -0.25) is 24.5 Å². The highest BCUT2D eigenvalue weighted by Crippen LogP contribution is 2.08. The van der Waals surface area contributed by atoms with Crippen molar-refractivity contribution in [2.24, 2.45) is 5.92 Å². The molecule has 0 saturated carbocycles. The van der Waals surface area contributed by atoms with Crippen LogP contribution in [0.3, 0.4) is 0 Å². The van der Waals surface area contributed by atoms with Crippen LogP contribution in [0.25, 0.3) is 0 Å². The molecule has 0 aromatic heterocycles. The Morgan fingerprint density at radius 2 is 1.64 bits per heavy atom. The van der Waals surface area contributed by atoms with Crippen LogP contribution in [0.4, 0.5) is 0 Å². The molecule has 3 atom stereocenters. The van der Waals surface area contributed by atoms with Crippen LogP contribution < -0.4 is 21.3 Å². The molecule has 182 valence electrons. The summed E-state index contributed by atoms with van der Waals surface area (Å²) in [6.07, 6.45) is -0.729. The quantitative estimate of drug-likeness (QED) is 0.167. The number of aliphatic hydroxyl groups excluding tert-OH is 1. The second-order valence-electron chi connectivity index (χ2n) is 8.22. The molecule has 10 heteroatoms. The third kappa shape index (κ3) is 11.3. The van der Waals surface area contributed by atoms with Crippen LogP contribution in [0.2, 0.25) is 0 Å². The predicted octanol–water partition coefficient (Wildman–Crippen LogP) is -0.0703. The molecule has 1 aromatic rings. The van der Waals surface area contributed by atoms with Crippen LogP contribution in [0.1, 0.15) is 32.8 Å². The van der Waals surface area contributed by atoms with Gasteiger partial charge in [-0.05, 0) is 31.2 Å². The van der Waals surface area contributed by atoms with E-state index in [-0.39, 0.29) is 24.5 Å². The third-order valence-electron chi connectivity index (χ3n) is 4.59. The summed E-state index contributed by atoms with van der Waals surface area (Å²) in [7, 11) is 0. The Hall–Kier alpha value is -3.24. The van der Waals surface area contributed by atoms with Crippen LogP contribution in [0, 0.1) is 5.92 Å². The lowest BCUT2D eigenvalue weighted by atomic mass is 10.0. The molecule has 1 rings (SSSR count). The maximum atomic E-state index is 13.1. The van der Waals surface area contributed by atoms with Crippen molar-refractivity contribution < 1.29 is 29.4 Å². The predicted molar refractivity (Wildman–Crippen MR) is 123 cm³/mol. The number of benzene rings is 1. The van der Waals surface area contributed by atoms with E-state index in [1.165, 1.54) is 6.92 Å². The Bertz CT molecular complexity index is 828. The Kier molecular flexibility index (Phi) is 11.8. The van der Waals surface area contributed by atoms with Crippen molar-refractivity contribution in [1.82, 2.24) is 21.3 Å². The topological polar surface area (TPSA) is 157 Å². The van der Waals surface area contributed by atoms with Gasteiger partial charge in [0.15, 0.2) is 0 Å². The molecule has 0 aliphatic rings. The maximum Gasteiger partial charge on any atom is 0.322 e. The van der Waals surface area contributed by atoms with Crippen molar-refractivity contribution in [1.29, 1.82) is 0 Å². The fourth-order valence-electron chi connectivity index (χ4n) is 2.97. The smallest absolute Gasteiger partial charge is 0.322 e. The number of carboxylic acid groups (broad SMARTS) is 1. The molecular formula is C23H34N4O6. The standard InChI is InChI=1S/C23H34N4O6/c1-14(2)10-17(22(32)25-13-20(29)30)27-23(33)18(11-16-8-6-5-7-9-16)26-19(28)12-24-21(31)15(3)4/h5-9,14,17-19,26,28H,3,10-13H2,1-2,4H3,(H,24,31)(H,25,32)(H,27,33)(H,29,30). The summed E-state index contributed by atoms with van der Waals surface area (Å²) in [4.78, 5) is 48.0. The number of rotatable bonds is 14. The first-order valence-corrected chi connectivity index (χ1v) is 10.7. The molecule has 1 aromatic carbocycles. The number of hydrogen-bond donors (Lipinski definition) is 6. The number of carbonyl (C=O) groups is 4. The molecule has 0 saturated heterocycles. The second kappa shape index (κ2) is 14.0. The molecule has 0 bridgehead atoms. The Balaban J connectivity index is 2.94. The average molecular weight is 463 g/mol. The Labute approximate surface area is 193 Å². The van der Waals surface area contributed by atoms with E-state index in [9.17, 15) is 24.3 Å². The van der Waals surface area contributed by atoms with Gasteiger partial charge in [0.2, 0.25) is 17.7 Å². The first kappa shape index (κ1) is 27.8. The van der Waals surface area contributed by atoms with Crippen LogP contribution in [-0.4, -0.2) is 65.3 Å². The average Bonchev–Trinajstić information content (AvgIpc) is 2.75. The molecular weight excluding hydrogens is 428 g/mol. The number of nitrogens with one attached hydrogen (secondary N) is 4. The highest BCUT2D eigenvalue weighted by molar-refractivity contribution is 5.92. The summed E-state index contributed by atoms with van der Waals surface area (Å²) < 4.78 is 0. The first-order valence-electron chi connectivity index (χ1n) is 10.7. The van der Waals surface area contributed by atoms with Gasteiger partial charge in [0.05, 0.1) is 12.6 Å². The number of hydrogen-bond acceptors (Lipinski definition) is 6. The van der Waals surface area contributed by atoms with E-state index in [0.29, 0.717) is 6.42 Å². The second-order valence-corrected chi connectivity index (χ2v) is 8.22. The van der Waals surface area contributed by atoms with Gasteiger partial charge in [-0.15, -0.1) is 0 Å². The van der Waals surface area contributed by atoms with Crippen LogP contribution in [0.5, 0.6) is 0 Å². The summed E-state index contributed by atoms with van der Waals surface area (Å²) in [5.41, 5.74) is 1.10. The van der Waals surface area contributed by atoms with E-state index in [1.54, 1.807) is 0 Å². The molecule has 6 N–H and O–H groups in total. The monoisotopic (exact) mass is 462 g/mol. The van der Waals surface area contributed by atoms with Crippen LogP contribution >= 0.6 is 0 Å². The first-order chi connectivity index (χ1) is 15.5. The molecule has 10 nitrogen and oxygen atoms in total. The van der Waals surface area contributed by atoms with E-state index in [0.717, 1.165) is 5.56 Å². The van der Waals surface area contributed by atoms with E-state index in [4.69, 9.17) is 5.11 Å². The number of aliphatic carboxylic acids is 1. The SMILES string of the molecule is C=C(C)C(=O)NCC(O)NC(Cc1ccccc1)C(=O)NC(CC(C)C)C(=O)NCC(=O)O. The van der Waals surface area contributed by atoms with Crippen LogP contribution in [0.15, 0.2) is 42.5 Å². The third-order valence-corrected chi connectivity index (χ3v) is 4.59. The largest absolute Gasteiger partial charge is 0.480 e. The zero-order chi connectivity index (χ0) is 25.0. The minimum Gasteiger partial charge on any atom is -0.480 e. The molecule has 3 unspecified atom stereocenters. The summed E-state index contributed by atoms with van der Waals surface area (Å²) >= 11 is 0. The lowest BCUT2D eigenvalue weighted by molar-refractivity contribution is -0.138. The van der Waals surface area contributed by atoms with E-state index in [1.807, 2.05) is 44.2 Å². The minimum atomic E-state index is -1.24. The molecule has 3 amide bonds. The van der Waals surface area contributed by atoms with E-state index in [2.05, 4.69) is 27.8 Å². The van der Waals surface area contributed by atoms with Gasteiger partial charge in [0.25, 0.3) is 0 Å². The number of carbonyl (C=O) groups excluding carboxylic acids is 3. The molecule has 0 aliphatic carbocycles. The fraction of sp³-hybridized carbons (Fsp3) is 0.478. The minimum absolute atomic E-state index is 0.0503. The van der Waals surface area contributed by atoms with Crippen molar-refractivity contribution in [2.45, 2.75) is 51.9 Å². The normalized spacial score (nSPS) is 13.5. The van der Waals surface area contributed by atoms with Crippen molar-refractivity contribution in [3.8, 4) is 0 Å². The van der Waals surface area contributed by atoms with Gasteiger partial charge in [0, 0.05) is 5.57 Å². The van der Waals surface area contributed by atoms with Gasteiger partial charge < -0.3 is 26.2 Å². The van der Waals surface area contributed by atoms with Crippen molar-refractivity contribution >= 4 is 23.7 Å². The summed E-state index contributed by atoms with van der Waals surface area (Å²) in [5, 5.41) is 29.4. The summed E-state index contributed by atoms with van der Waals surface area (Å²) in [6, 6.07) is 7.23. The van der Waals surface area contributed by atoms with Gasteiger partial charge in [-0.1, -0.05) is 50.8 Å². The highest BCUT2D eigenvalue weighted by Gasteiger charge is 2.28. The Morgan fingerprint density at radius 1 is 1.00 bits per heavy atom. The van der Waals surface area contributed by atoms with Crippen LogP contribution in [-0.2, 0) is 25.6 Å². The molecule has 0 spiro atoms.